The molecule has 0 spiro atoms. The van der Waals surface area contributed by atoms with E-state index in [0.29, 0.717) is 42.9 Å². The van der Waals surface area contributed by atoms with E-state index >= 15 is 0 Å². The number of benzene rings is 1. The van der Waals surface area contributed by atoms with Crippen LogP contribution in [-0.2, 0) is 4.74 Å². The van der Waals surface area contributed by atoms with Crippen LogP contribution in [0.2, 0.25) is 0 Å². The molecule has 22 heavy (non-hydrogen) atoms. The maximum absolute atomic E-state index is 11.8. The number of rotatable bonds is 9. The third-order valence-electron chi connectivity index (χ3n) is 2.97. The van der Waals surface area contributed by atoms with Crippen molar-refractivity contribution in [1.29, 1.82) is 0 Å². The van der Waals surface area contributed by atoms with Crippen LogP contribution in [0.5, 0.6) is 11.5 Å². The van der Waals surface area contributed by atoms with E-state index in [0.717, 1.165) is 6.42 Å². The summed E-state index contributed by atoms with van der Waals surface area (Å²) in [6.07, 6.45) is 0.946. The SMILES string of the molecule is COCCOc1cc(NC(=O)NCCC(C)C)ccc1OC. The number of carbonyl (C=O) groups is 1. The van der Waals surface area contributed by atoms with E-state index in [2.05, 4.69) is 24.5 Å². The van der Waals surface area contributed by atoms with Gasteiger partial charge in [0.25, 0.3) is 0 Å². The van der Waals surface area contributed by atoms with Crippen molar-refractivity contribution >= 4 is 11.7 Å². The lowest BCUT2D eigenvalue weighted by atomic mass is 10.1. The van der Waals surface area contributed by atoms with Crippen molar-refractivity contribution in [2.24, 2.45) is 5.92 Å². The third kappa shape index (κ3) is 6.67. The normalized spacial score (nSPS) is 10.4. The topological polar surface area (TPSA) is 68.8 Å². The van der Waals surface area contributed by atoms with E-state index in [1.165, 1.54) is 0 Å². The molecule has 1 rings (SSSR count). The van der Waals surface area contributed by atoms with Gasteiger partial charge < -0.3 is 24.8 Å². The highest BCUT2D eigenvalue weighted by Gasteiger charge is 2.08. The standard InChI is InChI=1S/C16H26N2O4/c1-12(2)7-8-17-16(19)18-13-5-6-14(21-4)15(11-13)22-10-9-20-3/h5-6,11-12H,7-10H2,1-4H3,(H2,17,18,19). The Bertz CT molecular complexity index is 463. The zero-order chi connectivity index (χ0) is 16.4. The molecule has 0 saturated carbocycles. The summed E-state index contributed by atoms with van der Waals surface area (Å²) in [6, 6.07) is 5.03. The van der Waals surface area contributed by atoms with Crippen molar-refractivity contribution < 1.29 is 19.0 Å². The average molecular weight is 310 g/mol. The lowest BCUT2D eigenvalue weighted by molar-refractivity contribution is 0.144. The zero-order valence-electron chi connectivity index (χ0n) is 13.8. The molecule has 6 nitrogen and oxygen atoms in total. The number of urea groups is 1. The van der Waals surface area contributed by atoms with E-state index in [1.54, 1.807) is 32.4 Å². The van der Waals surface area contributed by atoms with Gasteiger partial charge in [-0.25, -0.2) is 4.79 Å². The largest absolute Gasteiger partial charge is 0.493 e. The summed E-state index contributed by atoms with van der Waals surface area (Å²) < 4.78 is 15.8. The van der Waals surface area contributed by atoms with Gasteiger partial charge in [-0.2, -0.15) is 0 Å². The van der Waals surface area contributed by atoms with Crippen LogP contribution in [0.1, 0.15) is 20.3 Å². The molecule has 1 aromatic rings. The van der Waals surface area contributed by atoms with Gasteiger partial charge in [0.1, 0.15) is 6.61 Å². The molecular formula is C16H26N2O4. The smallest absolute Gasteiger partial charge is 0.319 e. The molecular weight excluding hydrogens is 284 g/mol. The molecule has 0 heterocycles. The lowest BCUT2D eigenvalue weighted by Crippen LogP contribution is -2.30. The molecule has 0 fully saturated rings. The fraction of sp³-hybridized carbons (Fsp3) is 0.562. The molecule has 0 unspecified atom stereocenters. The predicted octanol–water partition coefficient (Wildman–Crippen LogP) is 2.89. The van der Waals surface area contributed by atoms with Gasteiger partial charge in [-0.05, 0) is 24.5 Å². The van der Waals surface area contributed by atoms with E-state index in [-0.39, 0.29) is 6.03 Å². The molecule has 0 aliphatic heterocycles. The molecule has 6 heteroatoms. The lowest BCUT2D eigenvalue weighted by Gasteiger charge is -2.13. The number of hydrogen-bond acceptors (Lipinski definition) is 4. The fourth-order valence-corrected chi connectivity index (χ4v) is 1.75. The highest BCUT2D eigenvalue weighted by Crippen LogP contribution is 2.30. The van der Waals surface area contributed by atoms with Gasteiger partial charge in [0.15, 0.2) is 11.5 Å². The van der Waals surface area contributed by atoms with Crippen LogP contribution >= 0.6 is 0 Å². The van der Waals surface area contributed by atoms with Crippen molar-refractivity contribution in [1.82, 2.24) is 5.32 Å². The van der Waals surface area contributed by atoms with Gasteiger partial charge >= 0.3 is 6.03 Å². The highest BCUT2D eigenvalue weighted by atomic mass is 16.5. The molecule has 2 N–H and O–H groups in total. The summed E-state index contributed by atoms with van der Waals surface area (Å²) >= 11 is 0. The maximum atomic E-state index is 11.8. The van der Waals surface area contributed by atoms with Crippen LogP contribution in [0.3, 0.4) is 0 Å². The summed E-state index contributed by atoms with van der Waals surface area (Å²) in [5.41, 5.74) is 0.648. The van der Waals surface area contributed by atoms with Crippen molar-refractivity contribution in [3.63, 3.8) is 0 Å². The molecule has 0 aliphatic rings. The number of methoxy groups -OCH3 is 2. The molecule has 0 atom stereocenters. The Morgan fingerprint density at radius 1 is 1.18 bits per heavy atom. The molecule has 0 aromatic heterocycles. The Kier molecular flexibility index (Phi) is 8.14. The summed E-state index contributed by atoms with van der Waals surface area (Å²) in [5, 5.41) is 5.60. The quantitative estimate of drug-likeness (QED) is 0.688. The van der Waals surface area contributed by atoms with Gasteiger partial charge in [0.2, 0.25) is 0 Å². The van der Waals surface area contributed by atoms with Gasteiger partial charge in [-0.3, -0.25) is 0 Å². The first-order chi connectivity index (χ1) is 10.6. The number of carbonyl (C=O) groups excluding carboxylic acids is 1. The Hall–Kier alpha value is -1.95. The minimum absolute atomic E-state index is 0.228. The maximum Gasteiger partial charge on any atom is 0.319 e. The minimum Gasteiger partial charge on any atom is -0.493 e. The fourth-order valence-electron chi connectivity index (χ4n) is 1.75. The van der Waals surface area contributed by atoms with Crippen LogP contribution in [0.25, 0.3) is 0 Å². The van der Waals surface area contributed by atoms with Crippen LogP contribution in [0.4, 0.5) is 10.5 Å². The first-order valence-corrected chi connectivity index (χ1v) is 7.41. The molecule has 1 aromatic carbocycles. The first-order valence-electron chi connectivity index (χ1n) is 7.41. The summed E-state index contributed by atoms with van der Waals surface area (Å²) in [6.45, 7) is 5.78. The molecule has 0 bridgehead atoms. The van der Waals surface area contributed by atoms with Crippen LogP contribution in [0.15, 0.2) is 18.2 Å². The second-order valence-electron chi connectivity index (χ2n) is 5.27. The van der Waals surface area contributed by atoms with Crippen LogP contribution < -0.4 is 20.1 Å². The Morgan fingerprint density at radius 2 is 1.95 bits per heavy atom. The monoisotopic (exact) mass is 310 g/mol. The Balaban J connectivity index is 2.58. The molecule has 0 aliphatic carbocycles. The van der Waals surface area contributed by atoms with E-state index < -0.39 is 0 Å². The van der Waals surface area contributed by atoms with Crippen LogP contribution in [0, 0.1) is 5.92 Å². The van der Waals surface area contributed by atoms with Gasteiger partial charge in [-0.1, -0.05) is 13.8 Å². The summed E-state index contributed by atoms with van der Waals surface area (Å²) in [5.74, 6) is 1.74. The number of ether oxygens (including phenoxy) is 3. The minimum atomic E-state index is -0.228. The van der Waals surface area contributed by atoms with Gasteiger partial charge in [0.05, 0.1) is 13.7 Å². The molecule has 2 amide bonds. The highest BCUT2D eigenvalue weighted by molar-refractivity contribution is 5.89. The van der Waals surface area contributed by atoms with Crippen molar-refractivity contribution in [3.05, 3.63) is 18.2 Å². The number of nitrogens with one attached hydrogen (secondary N) is 2. The number of hydrogen-bond donors (Lipinski definition) is 2. The second-order valence-corrected chi connectivity index (χ2v) is 5.27. The van der Waals surface area contributed by atoms with Gasteiger partial charge in [-0.15, -0.1) is 0 Å². The van der Waals surface area contributed by atoms with Crippen molar-refractivity contribution in [2.75, 3.05) is 39.3 Å². The summed E-state index contributed by atoms with van der Waals surface area (Å²) in [4.78, 5) is 11.8. The second kappa shape index (κ2) is 9.89. The Morgan fingerprint density at radius 3 is 2.59 bits per heavy atom. The van der Waals surface area contributed by atoms with E-state index in [1.807, 2.05) is 0 Å². The van der Waals surface area contributed by atoms with E-state index in [9.17, 15) is 4.79 Å². The average Bonchev–Trinajstić information content (AvgIpc) is 2.47. The predicted molar refractivity (Wildman–Crippen MR) is 86.8 cm³/mol. The Labute approximate surface area is 132 Å². The third-order valence-corrected chi connectivity index (χ3v) is 2.97. The number of anilines is 1. The van der Waals surface area contributed by atoms with Crippen molar-refractivity contribution in [2.45, 2.75) is 20.3 Å². The molecule has 124 valence electrons. The van der Waals surface area contributed by atoms with Gasteiger partial charge in [0, 0.05) is 25.4 Å². The van der Waals surface area contributed by atoms with E-state index in [4.69, 9.17) is 14.2 Å². The number of amides is 2. The first kappa shape index (κ1) is 18.1. The van der Waals surface area contributed by atoms with Crippen molar-refractivity contribution in [3.8, 4) is 11.5 Å². The molecule has 0 saturated heterocycles. The molecule has 0 radical (unpaired) electrons. The zero-order valence-corrected chi connectivity index (χ0v) is 13.8. The summed E-state index contributed by atoms with van der Waals surface area (Å²) in [7, 11) is 3.18. The van der Waals surface area contributed by atoms with Crippen LogP contribution in [-0.4, -0.2) is 40.0 Å².